The van der Waals surface area contributed by atoms with Gasteiger partial charge in [0.1, 0.15) is 0 Å². The van der Waals surface area contributed by atoms with Crippen LogP contribution < -0.4 is 0 Å². The summed E-state index contributed by atoms with van der Waals surface area (Å²) in [5.41, 5.74) is 0. The Kier molecular flexibility index (Phi) is 6.47. The maximum absolute atomic E-state index is 11.9. The van der Waals surface area contributed by atoms with Gasteiger partial charge in [-0.2, -0.15) is 0 Å². The Bertz CT molecular complexity index is 297. The zero-order valence-corrected chi connectivity index (χ0v) is 12.1. The van der Waals surface area contributed by atoms with Gasteiger partial charge in [0, 0.05) is 32.1 Å². The number of carbonyl (C=O) groups excluding carboxylic acids is 2. The molecule has 0 aliphatic carbocycles. The van der Waals surface area contributed by atoms with E-state index in [-0.39, 0.29) is 11.8 Å². The van der Waals surface area contributed by atoms with Crippen molar-refractivity contribution >= 4 is 23.4 Å². The van der Waals surface area contributed by atoms with E-state index >= 15 is 0 Å². The maximum atomic E-state index is 11.9. The van der Waals surface area contributed by atoms with Crippen molar-refractivity contribution in [3.8, 4) is 0 Å². The van der Waals surface area contributed by atoms with Gasteiger partial charge in [-0.15, -0.1) is 11.6 Å². The molecule has 0 aromatic heterocycles. The topological polar surface area (TPSA) is 40.6 Å². The number of rotatable bonds is 7. The Morgan fingerprint density at radius 1 is 1.11 bits per heavy atom. The van der Waals surface area contributed by atoms with E-state index in [0.29, 0.717) is 38.0 Å². The van der Waals surface area contributed by atoms with E-state index in [2.05, 4.69) is 6.92 Å². The van der Waals surface area contributed by atoms with E-state index in [1.165, 1.54) is 0 Å². The third kappa shape index (κ3) is 4.16. The summed E-state index contributed by atoms with van der Waals surface area (Å²) >= 11 is 5.68. The second kappa shape index (κ2) is 7.62. The highest BCUT2D eigenvalue weighted by Gasteiger charge is 2.31. The van der Waals surface area contributed by atoms with E-state index in [0.717, 1.165) is 19.3 Å². The molecule has 1 fully saturated rings. The van der Waals surface area contributed by atoms with Crippen LogP contribution in [0.3, 0.4) is 0 Å². The molecule has 1 aliphatic heterocycles. The zero-order valence-electron chi connectivity index (χ0n) is 11.3. The minimum atomic E-state index is -0.340. The quantitative estimate of drug-likeness (QED) is 0.524. The SMILES string of the molecule is CCCN1CCN(CCC(C)CCCl)C(=O)C1=O. The molecule has 1 rings (SSSR count). The van der Waals surface area contributed by atoms with Crippen molar-refractivity contribution in [2.24, 2.45) is 5.92 Å². The van der Waals surface area contributed by atoms with Gasteiger partial charge in [-0.1, -0.05) is 13.8 Å². The van der Waals surface area contributed by atoms with Crippen LogP contribution >= 0.6 is 11.6 Å². The molecule has 2 amide bonds. The summed E-state index contributed by atoms with van der Waals surface area (Å²) < 4.78 is 0. The molecule has 1 atom stereocenters. The summed E-state index contributed by atoms with van der Waals surface area (Å²) in [6.07, 6.45) is 2.77. The number of amides is 2. The number of alkyl halides is 1. The fourth-order valence-electron chi connectivity index (χ4n) is 2.12. The standard InChI is InChI=1S/C13H23ClN2O2/c1-3-7-15-9-10-16(13(18)12(15)17)8-5-11(2)4-6-14/h11H,3-10H2,1-2H3. The van der Waals surface area contributed by atoms with Crippen molar-refractivity contribution in [3.63, 3.8) is 0 Å². The third-order valence-electron chi connectivity index (χ3n) is 3.38. The number of piperazine rings is 1. The molecule has 0 bridgehead atoms. The average molecular weight is 275 g/mol. The van der Waals surface area contributed by atoms with E-state index in [1.807, 2.05) is 6.92 Å². The minimum absolute atomic E-state index is 0.340. The highest BCUT2D eigenvalue weighted by molar-refractivity contribution is 6.35. The molecule has 5 heteroatoms. The fourth-order valence-corrected chi connectivity index (χ4v) is 2.49. The number of carbonyl (C=O) groups is 2. The molecule has 1 unspecified atom stereocenters. The average Bonchev–Trinajstić information content (AvgIpc) is 2.35. The summed E-state index contributed by atoms with van der Waals surface area (Å²) in [4.78, 5) is 27.0. The van der Waals surface area contributed by atoms with Crippen molar-refractivity contribution in [1.29, 1.82) is 0 Å². The predicted molar refractivity (Wildman–Crippen MR) is 72.6 cm³/mol. The van der Waals surface area contributed by atoms with E-state index in [4.69, 9.17) is 11.6 Å². The zero-order chi connectivity index (χ0) is 13.5. The van der Waals surface area contributed by atoms with Crippen LogP contribution in [0.5, 0.6) is 0 Å². The van der Waals surface area contributed by atoms with Crippen LogP contribution in [0.15, 0.2) is 0 Å². The highest BCUT2D eigenvalue weighted by atomic mass is 35.5. The van der Waals surface area contributed by atoms with Gasteiger partial charge in [-0.3, -0.25) is 9.59 Å². The Balaban J connectivity index is 2.41. The molecule has 1 saturated heterocycles. The van der Waals surface area contributed by atoms with Gasteiger partial charge in [0.25, 0.3) is 0 Å². The van der Waals surface area contributed by atoms with E-state index in [1.54, 1.807) is 9.80 Å². The van der Waals surface area contributed by atoms with Crippen LogP contribution in [0.4, 0.5) is 0 Å². The molecule has 1 heterocycles. The first-order chi connectivity index (χ1) is 8.60. The van der Waals surface area contributed by atoms with E-state index in [9.17, 15) is 9.59 Å². The van der Waals surface area contributed by atoms with Gasteiger partial charge in [0.15, 0.2) is 0 Å². The lowest BCUT2D eigenvalue weighted by molar-refractivity contribution is -0.156. The molecule has 0 saturated carbocycles. The van der Waals surface area contributed by atoms with Crippen LogP contribution in [-0.4, -0.2) is 53.7 Å². The third-order valence-corrected chi connectivity index (χ3v) is 3.60. The normalized spacial score (nSPS) is 18.4. The molecule has 4 nitrogen and oxygen atoms in total. The lowest BCUT2D eigenvalue weighted by Gasteiger charge is -2.34. The van der Waals surface area contributed by atoms with Crippen molar-refractivity contribution < 1.29 is 9.59 Å². The second-order valence-corrected chi connectivity index (χ2v) is 5.33. The van der Waals surface area contributed by atoms with Gasteiger partial charge in [-0.25, -0.2) is 0 Å². The Hall–Kier alpha value is -0.770. The van der Waals surface area contributed by atoms with Crippen LogP contribution in [0, 0.1) is 5.92 Å². The monoisotopic (exact) mass is 274 g/mol. The van der Waals surface area contributed by atoms with Crippen LogP contribution in [0.1, 0.15) is 33.1 Å². The Labute approximate surface area is 114 Å². The summed E-state index contributed by atoms with van der Waals surface area (Å²) in [7, 11) is 0. The molecular formula is C13H23ClN2O2. The highest BCUT2D eigenvalue weighted by Crippen LogP contribution is 2.12. The lowest BCUT2D eigenvalue weighted by Crippen LogP contribution is -2.54. The van der Waals surface area contributed by atoms with Crippen molar-refractivity contribution in [3.05, 3.63) is 0 Å². The first kappa shape index (κ1) is 15.3. The summed E-state index contributed by atoms with van der Waals surface area (Å²) in [5, 5.41) is 0. The fraction of sp³-hybridized carbons (Fsp3) is 0.846. The van der Waals surface area contributed by atoms with E-state index < -0.39 is 0 Å². The van der Waals surface area contributed by atoms with Gasteiger partial charge >= 0.3 is 11.8 Å². The van der Waals surface area contributed by atoms with Gasteiger partial charge < -0.3 is 9.80 Å². The predicted octanol–water partition coefficient (Wildman–Crippen LogP) is 1.72. The molecule has 18 heavy (non-hydrogen) atoms. The largest absolute Gasteiger partial charge is 0.333 e. The minimum Gasteiger partial charge on any atom is -0.333 e. The van der Waals surface area contributed by atoms with Crippen molar-refractivity contribution in [1.82, 2.24) is 9.80 Å². The molecule has 0 aromatic carbocycles. The molecule has 1 aliphatic rings. The molecule has 0 radical (unpaired) electrons. The first-order valence-corrected chi connectivity index (χ1v) is 7.27. The van der Waals surface area contributed by atoms with Crippen LogP contribution in [0.2, 0.25) is 0 Å². The molecule has 104 valence electrons. The summed E-state index contributed by atoms with van der Waals surface area (Å²) in [5.74, 6) is 0.471. The number of hydrogen-bond acceptors (Lipinski definition) is 2. The molecule has 0 spiro atoms. The number of hydrogen-bond donors (Lipinski definition) is 0. The molecule has 0 N–H and O–H groups in total. The Morgan fingerprint density at radius 2 is 1.67 bits per heavy atom. The van der Waals surface area contributed by atoms with Crippen LogP contribution in [0.25, 0.3) is 0 Å². The maximum Gasteiger partial charge on any atom is 0.312 e. The first-order valence-electron chi connectivity index (χ1n) is 6.74. The van der Waals surface area contributed by atoms with Gasteiger partial charge in [0.05, 0.1) is 0 Å². The molecule has 0 aromatic rings. The van der Waals surface area contributed by atoms with Gasteiger partial charge in [0.2, 0.25) is 0 Å². The number of nitrogens with zero attached hydrogens (tertiary/aromatic N) is 2. The van der Waals surface area contributed by atoms with Crippen molar-refractivity contribution in [2.75, 3.05) is 32.1 Å². The summed E-state index contributed by atoms with van der Waals surface area (Å²) in [6, 6.07) is 0. The van der Waals surface area contributed by atoms with Crippen molar-refractivity contribution in [2.45, 2.75) is 33.1 Å². The Morgan fingerprint density at radius 3 is 2.17 bits per heavy atom. The van der Waals surface area contributed by atoms with Gasteiger partial charge in [-0.05, 0) is 25.2 Å². The van der Waals surface area contributed by atoms with Crippen LogP contribution in [-0.2, 0) is 9.59 Å². The smallest absolute Gasteiger partial charge is 0.312 e. The summed E-state index contributed by atoms with van der Waals surface area (Å²) in [6.45, 7) is 6.82. The lowest BCUT2D eigenvalue weighted by atomic mass is 10.0. The number of halogens is 1. The second-order valence-electron chi connectivity index (χ2n) is 4.96. The molecular weight excluding hydrogens is 252 g/mol.